The second-order valence-electron chi connectivity index (χ2n) is 47.7. The smallest absolute Gasteiger partial charge is 0.266 e. The van der Waals surface area contributed by atoms with Gasteiger partial charge < -0.3 is 23.7 Å². The molecule has 0 saturated heterocycles. The molecule has 0 bridgehead atoms. The van der Waals surface area contributed by atoms with Gasteiger partial charge in [-0.1, -0.05) is 288 Å². The summed E-state index contributed by atoms with van der Waals surface area (Å²) >= 11 is 0. The number of hydrogen-bond acceptors (Lipinski definition) is 13. The summed E-state index contributed by atoms with van der Waals surface area (Å²) in [6, 6.07) is 68.7. The maximum atomic E-state index is 17.1. The summed E-state index contributed by atoms with van der Waals surface area (Å²) in [6.07, 6.45) is 6.90. The molecule has 5 aliphatic rings. The minimum Gasteiger partial charge on any atom is -0.457 e. The molecule has 0 N–H and O–H groups in total. The van der Waals surface area contributed by atoms with Crippen LogP contribution in [-0.4, -0.2) is 70.1 Å². The van der Waals surface area contributed by atoms with Crippen molar-refractivity contribution in [2.24, 2.45) is 0 Å². The Labute approximate surface area is 863 Å². The predicted molar refractivity (Wildman–Crippen MR) is 592 cm³/mol. The van der Waals surface area contributed by atoms with Gasteiger partial charge in [0.15, 0.2) is 5.75 Å². The summed E-state index contributed by atoms with van der Waals surface area (Å²) in [4.78, 5) is 132. The fourth-order valence-electron chi connectivity index (χ4n) is 22.7. The first kappa shape index (κ1) is 97.2. The Morgan fingerprint density at radius 2 is 0.561 bits per heavy atom. The molecule has 0 unspecified atom stereocenters. The lowest BCUT2D eigenvalue weighted by Gasteiger charge is -2.40. The Balaban J connectivity index is 0.664. The average Bonchev–Trinajstić information content (AvgIpc) is 0.680. The number of imide groups is 4. The van der Waals surface area contributed by atoms with Crippen LogP contribution in [0.4, 0.5) is 11.4 Å². The molecule has 5 heterocycles. The van der Waals surface area contributed by atoms with Crippen LogP contribution in [-0.2, 0) is 37.9 Å². The van der Waals surface area contributed by atoms with Gasteiger partial charge in [-0.2, -0.15) is 0 Å². The first-order valence-corrected chi connectivity index (χ1v) is 52.1. The summed E-state index contributed by atoms with van der Waals surface area (Å²) in [5.74, 6) is 7.02. The third-order valence-corrected chi connectivity index (χ3v) is 31.1. The van der Waals surface area contributed by atoms with E-state index in [0.29, 0.717) is 184 Å². The van der Waals surface area contributed by atoms with E-state index in [0.717, 1.165) is 83.0 Å². The third kappa shape index (κ3) is 15.8. The Bertz CT molecular complexity index is 8690. The Hall–Kier alpha value is -15.5. The predicted octanol–water partition coefficient (Wildman–Crippen LogP) is 32.5. The van der Waals surface area contributed by atoms with Crippen molar-refractivity contribution in [3.05, 3.63) is 319 Å². The number of nitrogens with zero attached hydrogens (tertiary/aromatic N) is 4. The Morgan fingerprint density at radius 3 is 0.892 bits per heavy atom. The van der Waals surface area contributed by atoms with Crippen LogP contribution in [0, 0.1) is 11.8 Å². The highest BCUT2D eigenvalue weighted by Gasteiger charge is 2.48. The van der Waals surface area contributed by atoms with E-state index in [4.69, 9.17) is 23.7 Å². The van der Waals surface area contributed by atoms with Gasteiger partial charge in [0.05, 0.1) is 39.2 Å². The Morgan fingerprint density at radius 1 is 0.270 bits per heavy atom. The number of carbonyl (C=O) groups excluding carboxylic acids is 8. The number of anilines is 2. The van der Waals surface area contributed by atoms with Gasteiger partial charge in [-0.15, -0.1) is 0 Å². The molecule has 5 aliphatic heterocycles. The number of carbonyl (C=O) groups is 8. The maximum Gasteiger partial charge on any atom is 0.266 e. The summed E-state index contributed by atoms with van der Waals surface area (Å²) in [6.45, 7) is 47.6. The van der Waals surface area contributed by atoms with E-state index in [-0.39, 0.29) is 85.9 Å². The molecular weight excluding hydrogens is 1840 g/mol. The lowest BCUT2D eigenvalue weighted by molar-refractivity contribution is 0.0592. The number of benzene rings is 17. The molecule has 17 aromatic rings. The average molecular weight is 1960 g/mol. The highest BCUT2D eigenvalue weighted by molar-refractivity contribution is 6.48. The lowest BCUT2D eigenvalue weighted by atomic mass is 9.71. The number of amides is 8. The second-order valence-corrected chi connectivity index (χ2v) is 47.7. The molecule has 17 nitrogen and oxygen atoms in total. The zero-order valence-electron chi connectivity index (χ0n) is 88.5. The maximum absolute atomic E-state index is 17.1. The van der Waals surface area contributed by atoms with E-state index < -0.39 is 51.7 Å². The Kier molecular flexibility index (Phi) is 22.9. The quantitative estimate of drug-likeness (QED) is 0.0230. The standard InChI is InChI=1S/C131H122N4O13/c1-23-25-27-29-61-132-117(136)88-57-53-84-109-101(146-82-49-39-75(40-50-82)127(9,10)11)69-94-105-90(59-55-86(113(105)109)107-99(67-92(119(132)138)103(88)111(84)107)144-80-45-35-73(36-46-80)125(3,4)5)121(140)134(123(94)142)79-43-32-71(33-44-79)31-34-72-63-77(129(15,16)17)64-96-115(72)148-116-97(131(96,21)22)65-78(130(18,19)20)66-98(116)135-122(141)91-60-56-87-108-100(145-81-47-37-74(38-48-81)126(6,7)8)68-93-104-89(118(137)133(120(93)139)62-30-28-26-24-2)58-54-85(112(104)108)110-102(70-95(124(135)143)106(91)114(87)110)147-83-51-41-76(42-52-83)128(12,13)14/h32-33,35-60,63-70H,23-30,61-62H2,1-22H3. The zero-order valence-corrected chi connectivity index (χ0v) is 88.5. The van der Waals surface area contributed by atoms with Gasteiger partial charge in [0, 0.05) is 122 Å². The summed E-state index contributed by atoms with van der Waals surface area (Å²) in [5.41, 5.74) is 8.92. The van der Waals surface area contributed by atoms with Gasteiger partial charge >= 0.3 is 0 Å². The van der Waals surface area contributed by atoms with Gasteiger partial charge in [0.25, 0.3) is 47.3 Å². The van der Waals surface area contributed by atoms with Crippen molar-refractivity contribution in [1.82, 2.24) is 9.80 Å². The largest absolute Gasteiger partial charge is 0.457 e. The first-order chi connectivity index (χ1) is 70.2. The summed E-state index contributed by atoms with van der Waals surface area (Å²) in [7, 11) is 0. The van der Waals surface area contributed by atoms with Crippen molar-refractivity contribution in [3.8, 4) is 69.3 Å². The second kappa shape index (κ2) is 34.8. The van der Waals surface area contributed by atoms with Crippen LogP contribution in [0.15, 0.2) is 218 Å². The molecule has 0 fully saturated rings. The molecule has 744 valence electrons. The van der Waals surface area contributed by atoms with Crippen LogP contribution in [0.3, 0.4) is 0 Å². The molecule has 22 rings (SSSR count). The van der Waals surface area contributed by atoms with E-state index in [9.17, 15) is 0 Å². The molecule has 0 spiro atoms. The van der Waals surface area contributed by atoms with E-state index >= 15 is 38.4 Å². The molecule has 0 saturated carbocycles. The zero-order chi connectivity index (χ0) is 104. The van der Waals surface area contributed by atoms with E-state index in [1.165, 1.54) is 19.6 Å². The number of rotatable bonds is 20. The van der Waals surface area contributed by atoms with E-state index in [1.807, 2.05) is 133 Å². The van der Waals surface area contributed by atoms with Crippen LogP contribution in [0.25, 0.3) is 86.2 Å². The van der Waals surface area contributed by atoms with Crippen molar-refractivity contribution in [3.63, 3.8) is 0 Å². The van der Waals surface area contributed by atoms with Crippen LogP contribution < -0.4 is 33.5 Å². The molecule has 0 aromatic heterocycles. The number of fused-ring (bicyclic) bond motifs is 6. The molecular formula is C131H122N4O13. The highest BCUT2D eigenvalue weighted by Crippen LogP contribution is 2.60. The van der Waals surface area contributed by atoms with Crippen molar-refractivity contribution in [2.75, 3.05) is 22.9 Å². The van der Waals surface area contributed by atoms with Crippen LogP contribution in [0.5, 0.6) is 57.5 Å². The topological polar surface area (TPSA) is 196 Å². The van der Waals surface area contributed by atoms with Crippen molar-refractivity contribution >= 4 is 145 Å². The number of ether oxygens (including phenoxy) is 5. The highest BCUT2D eigenvalue weighted by atomic mass is 16.5. The van der Waals surface area contributed by atoms with Crippen molar-refractivity contribution < 1.29 is 62.0 Å². The normalized spacial score (nSPS) is 14.8. The van der Waals surface area contributed by atoms with Crippen molar-refractivity contribution in [1.29, 1.82) is 0 Å². The van der Waals surface area contributed by atoms with Crippen LogP contribution in [0.1, 0.15) is 342 Å². The molecule has 0 radical (unpaired) electrons. The van der Waals surface area contributed by atoms with Crippen LogP contribution >= 0.6 is 0 Å². The minimum absolute atomic E-state index is 0.163. The fraction of sp³-hybridized carbons (Fsp3) is 0.298. The minimum atomic E-state index is -0.900. The van der Waals surface area contributed by atoms with Gasteiger partial charge in [-0.3, -0.25) is 48.2 Å². The van der Waals surface area contributed by atoms with E-state index in [1.54, 1.807) is 72.8 Å². The summed E-state index contributed by atoms with van der Waals surface area (Å²) in [5, 5.41) is 8.83. The van der Waals surface area contributed by atoms with Crippen molar-refractivity contribution in [2.45, 2.75) is 242 Å². The van der Waals surface area contributed by atoms with Crippen LogP contribution in [0.2, 0.25) is 0 Å². The SMILES string of the molecule is CCCCCCN1C(=O)c2ccc3c4c(Oc5ccc(C(C)(C)C)cc5)cc5c6c(ccc(c7c(Oc8ccc(C(C)(C)C)cc8)cc(c2c37)C1=O)c64)C(=O)N(c1ccc(C#Cc2cc(C(C)(C)C)cc3c2Oc2c(N4C(=O)c6ccc7c8c(Oc9ccc(C(C)(C)C)cc9)cc9c%10c(ccc(c%11c(Oc%12ccc(C(C)(C)C)cc%12)cc(c6c7%11)C4=O)c%108)C(=O)N(CCCCCC)C9=O)cc(C(C)(C)C)cc2C3(C)C)cc1)C5=O. The first-order valence-electron chi connectivity index (χ1n) is 52.1. The third-order valence-electron chi connectivity index (χ3n) is 31.1. The number of unbranched alkanes of at least 4 members (excludes halogenated alkanes) is 6. The molecule has 8 amide bonds. The number of hydrogen-bond donors (Lipinski definition) is 0. The molecule has 17 heteroatoms. The monoisotopic (exact) mass is 1960 g/mol. The summed E-state index contributed by atoms with van der Waals surface area (Å²) < 4.78 is 36.3. The molecule has 17 aromatic carbocycles. The van der Waals surface area contributed by atoms with Gasteiger partial charge in [-0.05, 0) is 234 Å². The van der Waals surface area contributed by atoms with E-state index in [2.05, 4.69) is 176 Å². The van der Waals surface area contributed by atoms with Gasteiger partial charge in [0.1, 0.15) is 51.7 Å². The van der Waals surface area contributed by atoms with Gasteiger partial charge in [0.2, 0.25) is 0 Å². The molecule has 0 atom stereocenters. The molecule has 0 aliphatic carbocycles. The lowest BCUT2D eigenvalue weighted by Crippen LogP contribution is -2.41. The van der Waals surface area contributed by atoms with Gasteiger partial charge in [-0.25, -0.2) is 9.80 Å². The fourth-order valence-corrected chi connectivity index (χ4v) is 22.7. The molecule has 148 heavy (non-hydrogen) atoms.